The van der Waals surface area contributed by atoms with Gasteiger partial charge in [0.1, 0.15) is 11.9 Å². The molecule has 0 aliphatic rings. The Morgan fingerprint density at radius 3 is 2.56 bits per heavy atom. The number of hydrogen-bond donors (Lipinski definition) is 2. The number of nitrogen functional groups attached to an aromatic ring is 1. The fourth-order valence-electron chi connectivity index (χ4n) is 1.66. The number of nitriles is 1. The minimum atomic E-state index is -0.436. The molecule has 4 heteroatoms. The number of rotatable bonds is 2. The van der Waals surface area contributed by atoms with Crippen molar-refractivity contribution in [3.8, 4) is 6.07 Å². The van der Waals surface area contributed by atoms with Crippen LogP contribution in [0.1, 0.15) is 11.1 Å². The molecule has 0 amide bonds. The number of nitrogens with one attached hydrogen (secondary N) is 1. The molecule has 0 unspecified atom stereocenters. The zero-order valence-corrected chi connectivity index (χ0v) is 9.87. The first-order valence-electron chi connectivity index (χ1n) is 5.43. The predicted octanol–water partition coefficient (Wildman–Crippen LogP) is 3.33. The fraction of sp³-hybridized carbons (Fsp3) is 0.0714. The van der Waals surface area contributed by atoms with Crippen LogP contribution in [0.3, 0.4) is 0 Å². The van der Waals surface area contributed by atoms with Gasteiger partial charge in [-0.1, -0.05) is 6.07 Å². The van der Waals surface area contributed by atoms with Gasteiger partial charge in [0.15, 0.2) is 0 Å². The molecule has 0 saturated carbocycles. The Balaban J connectivity index is 2.37. The molecule has 0 saturated heterocycles. The van der Waals surface area contributed by atoms with Crippen molar-refractivity contribution in [1.29, 1.82) is 5.26 Å². The van der Waals surface area contributed by atoms with E-state index < -0.39 is 5.82 Å². The Bertz CT molecular complexity index is 629. The van der Waals surface area contributed by atoms with E-state index in [1.165, 1.54) is 18.2 Å². The van der Waals surface area contributed by atoms with E-state index in [2.05, 4.69) is 5.32 Å². The molecular weight excluding hydrogens is 229 g/mol. The van der Waals surface area contributed by atoms with Gasteiger partial charge in [0.2, 0.25) is 0 Å². The Labute approximate surface area is 105 Å². The number of benzene rings is 2. The first-order chi connectivity index (χ1) is 8.60. The zero-order valence-electron chi connectivity index (χ0n) is 9.87. The summed E-state index contributed by atoms with van der Waals surface area (Å²) in [5.41, 5.74) is 8.99. The third kappa shape index (κ3) is 2.41. The van der Waals surface area contributed by atoms with Gasteiger partial charge in [-0.2, -0.15) is 5.26 Å². The average Bonchev–Trinajstić information content (AvgIpc) is 2.34. The molecule has 3 N–H and O–H groups in total. The minimum absolute atomic E-state index is 0.245. The summed E-state index contributed by atoms with van der Waals surface area (Å²) < 4.78 is 13.0. The molecule has 0 aliphatic heterocycles. The highest BCUT2D eigenvalue weighted by molar-refractivity contribution is 5.75. The van der Waals surface area contributed by atoms with Gasteiger partial charge in [0.05, 0.1) is 22.6 Å². The molecule has 2 aromatic carbocycles. The van der Waals surface area contributed by atoms with Crippen LogP contribution in [0.2, 0.25) is 0 Å². The summed E-state index contributed by atoms with van der Waals surface area (Å²) in [6.45, 7) is 1.94. The van der Waals surface area contributed by atoms with E-state index in [1.54, 1.807) is 0 Å². The molecule has 0 aliphatic carbocycles. The third-order valence-corrected chi connectivity index (χ3v) is 2.58. The van der Waals surface area contributed by atoms with Gasteiger partial charge in [0.25, 0.3) is 0 Å². The summed E-state index contributed by atoms with van der Waals surface area (Å²) in [4.78, 5) is 0. The second kappa shape index (κ2) is 4.76. The maximum atomic E-state index is 13.0. The standard InChI is InChI=1S/C14H12FN3/c1-9-2-4-14(12(17)6-9)18-13-5-3-11(15)7-10(13)8-16/h2-7,18H,17H2,1H3. The van der Waals surface area contributed by atoms with Gasteiger partial charge >= 0.3 is 0 Å². The molecule has 0 spiro atoms. The molecule has 0 bridgehead atoms. The van der Waals surface area contributed by atoms with Crippen molar-refractivity contribution < 1.29 is 4.39 Å². The molecule has 90 valence electrons. The molecule has 2 aromatic rings. The molecule has 0 fully saturated rings. The lowest BCUT2D eigenvalue weighted by Gasteiger charge is -2.11. The van der Waals surface area contributed by atoms with Crippen molar-refractivity contribution in [3.63, 3.8) is 0 Å². The lowest BCUT2D eigenvalue weighted by atomic mass is 10.1. The number of hydrogen-bond acceptors (Lipinski definition) is 3. The maximum absolute atomic E-state index is 13.0. The number of nitrogens with two attached hydrogens (primary N) is 1. The summed E-state index contributed by atoms with van der Waals surface area (Å²) >= 11 is 0. The van der Waals surface area contributed by atoms with Crippen molar-refractivity contribution in [2.75, 3.05) is 11.1 Å². The minimum Gasteiger partial charge on any atom is -0.397 e. The van der Waals surface area contributed by atoms with E-state index in [4.69, 9.17) is 11.0 Å². The second-order valence-electron chi connectivity index (χ2n) is 4.02. The number of nitrogens with zero attached hydrogens (tertiary/aromatic N) is 1. The predicted molar refractivity (Wildman–Crippen MR) is 70.0 cm³/mol. The highest BCUT2D eigenvalue weighted by Gasteiger charge is 2.06. The monoisotopic (exact) mass is 241 g/mol. The van der Waals surface area contributed by atoms with Gasteiger partial charge in [-0.25, -0.2) is 4.39 Å². The molecule has 2 rings (SSSR count). The fourth-order valence-corrected chi connectivity index (χ4v) is 1.66. The zero-order chi connectivity index (χ0) is 13.1. The molecule has 18 heavy (non-hydrogen) atoms. The Morgan fingerprint density at radius 1 is 1.17 bits per heavy atom. The molecule has 0 radical (unpaired) electrons. The Hall–Kier alpha value is -2.54. The molecule has 0 aromatic heterocycles. The summed E-state index contributed by atoms with van der Waals surface area (Å²) in [5.74, 6) is -0.436. The number of halogens is 1. The van der Waals surface area contributed by atoms with Gasteiger partial charge in [-0.15, -0.1) is 0 Å². The first-order valence-corrected chi connectivity index (χ1v) is 5.43. The van der Waals surface area contributed by atoms with E-state index >= 15 is 0 Å². The molecule has 0 atom stereocenters. The van der Waals surface area contributed by atoms with Crippen LogP contribution >= 0.6 is 0 Å². The number of anilines is 3. The van der Waals surface area contributed by atoms with Crippen molar-refractivity contribution in [1.82, 2.24) is 0 Å². The number of aryl methyl sites for hydroxylation is 1. The summed E-state index contributed by atoms with van der Waals surface area (Å²) in [5, 5.41) is 12.0. The summed E-state index contributed by atoms with van der Waals surface area (Å²) in [6.07, 6.45) is 0. The van der Waals surface area contributed by atoms with Crippen LogP contribution in [-0.4, -0.2) is 0 Å². The van der Waals surface area contributed by atoms with Gasteiger partial charge in [0, 0.05) is 0 Å². The van der Waals surface area contributed by atoms with Crippen LogP contribution in [-0.2, 0) is 0 Å². The van der Waals surface area contributed by atoms with Crippen molar-refractivity contribution in [2.45, 2.75) is 6.92 Å². The van der Waals surface area contributed by atoms with Gasteiger partial charge in [-0.3, -0.25) is 0 Å². The van der Waals surface area contributed by atoms with Crippen LogP contribution in [0.15, 0.2) is 36.4 Å². The highest BCUT2D eigenvalue weighted by atomic mass is 19.1. The van der Waals surface area contributed by atoms with Gasteiger partial charge in [-0.05, 0) is 42.8 Å². The van der Waals surface area contributed by atoms with Crippen LogP contribution in [0.5, 0.6) is 0 Å². The average molecular weight is 241 g/mol. The van der Waals surface area contributed by atoms with E-state index in [1.807, 2.05) is 31.2 Å². The molecular formula is C14H12FN3. The van der Waals surface area contributed by atoms with Crippen molar-refractivity contribution in [3.05, 3.63) is 53.3 Å². The third-order valence-electron chi connectivity index (χ3n) is 2.58. The van der Waals surface area contributed by atoms with E-state index in [9.17, 15) is 4.39 Å². The molecule has 0 heterocycles. The van der Waals surface area contributed by atoms with Crippen molar-refractivity contribution >= 4 is 17.1 Å². The Morgan fingerprint density at radius 2 is 1.89 bits per heavy atom. The quantitative estimate of drug-likeness (QED) is 0.793. The SMILES string of the molecule is Cc1ccc(Nc2ccc(F)cc2C#N)c(N)c1. The lowest BCUT2D eigenvalue weighted by Crippen LogP contribution is -1.98. The van der Waals surface area contributed by atoms with E-state index in [0.717, 1.165) is 5.56 Å². The first kappa shape index (κ1) is 11.9. The van der Waals surface area contributed by atoms with Crippen LogP contribution in [0.4, 0.5) is 21.5 Å². The summed E-state index contributed by atoms with van der Waals surface area (Å²) in [7, 11) is 0. The lowest BCUT2D eigenvalue weighted by molar-refractivity contribution is 0.627. The largest absolute Gasteiger partial charge is 0.397 e. The van der Waals surface area contributed by atoms with Gasteiger partial charge < -0.3 is 11.1 Å². The normalized spacial score (nSPS) is 9.83. The smallest absolute Gasteiger partial charge is 0.124 e. The second-order valence-corrected chi connectivity index (χ2v) is 4.02. The van der Waals surface area contributed by atoms with E-state index in [0.29, 0.717) is 17.1 Å². The molecule has 3 nitrogen and oxygen atoms in total. The Kier molecular flexibility index (Phi) is 3.16. The van der Waals surface area contributed by atoms with Crippen LogP contribution in [0.25, 0.3) is 0 Å². The van der Waals surface area contributed by atoms with E-state index in [-0.39, 0.29) is 5.56 Å². The van der Waals surface area contributed by atoms with Crippen LogP contribution in [0, 0.1) is 24.1 Å². The van der Waals surface area contributed by atoms with Crippen LogP contribution < -0.4 is 11.1 Å². The topological polar surface area (TPSA) is 61.8 Å². The maximum Gasteiger partial charge on any atom is 0.124 e. The van der Waals surface area contributed by atoms with Crippen molar-refractivity contribution in [2.24, 2.45) is 0 Å². The summed E-state index contributed by atoms with van der Waals surface area (Å²) in [6, 6.07) is 11.5. The highest BCUT2D eigenvalue weighted by Crippen LogP contribution is 2.26.